The lowest BCUT2D eigenvalue weighted by atomic mass is 10.1. The first-order chi connectivity index (χ1) is 8.66. The Bertz CT molecular complexity index is 478. The van der Waals surface area contributed by atoms with E-state index in [-0.39, 0.29) is 11.9 Å². The molecule has 0 spiro atoms. The van der Waals surface area contributed by atoms with E-state index in [0.717, 1.165) is 0 Å². The Balaban J connectivity index is 1.85. The van der Waals surface area contributed by atoms with E-state index in [1.165, 1.54) is 17.6 Å². The average Bonchev–Trinajstić information content (AvgIpc) is 3.02. The summed E-state index contributed by atoms with van der Waals surface area (Å²) < 4.78 is 5.11. The highest BCUT2D eigenvalue weighted by atomic mass is 32.1. The molecular weight excluding hydrogens is 250 g/mol. The van der Waals surface area contributed by atoms with Gasteiger partial charge in [-0.05, 0) is 30.5 Å². The van der Waals surface area contributed by atoms with Crippen molar-refractivity contribution in [2.45, 2.75) is 25.5 Å². The number of aliphatic hydroxyl groups excluding tert-OH is 1. The van der Waals surface area contributed by atoms with Crippen LogP contribution in [0.5, 0.6) is 0 Å². The van der Waals surface area contributed by atoms with E-state index < -0.39 is 6.10 Å². The molecule has 96 valence electrons. The minimum atomic E-state index is -0.697. The van der Waals surface area contributed by atoms with E-state index in [9.17, 15) is 9.90 Å². The van der Waals surface area contributed by atoms with Crippen LogP contribution < -0.4 is 5.32 Å². The summed E-state index contributed by atoms with van der Waals surface area (Å²) in [6.45, 7) is 1.86. The van der Waals surface area contributed by atoms with E-state index >= 15 is 0 Å². The van der Waals surface area contributed by atoms with Gasteiger partial charge in [-0.3, -0.25) is 4.79 Å². The molecular formula is C13H15NO3S. The maximum absolute atomic E-state index is 11.8. The van der Waals surface area contributed by atoms with Crippen molar-refractivity contribution < 1.29 is 14.3 Å². The molecule has 2 atom stereocenters. The molecule has 0 fully saturated rings. The van der Waals surface area contributed by atoms with Gasteiger partial charge in [-0.25, -0.2) is 0 Å². The van der Waals surface area contributed by atoms with Gasteiger partial charge in [0.05, 0.1) is 6.26 Å². The van der Waals surface area contributed by atoms with Crippen molar-refractivity contribution in [3.8, 4) is 0 Å². The summed E-state index contributed by atoms with van der Waals surface area (Å²) in [4.78, 5) is 11.8. The van der Waals surface area contributed by atoms with Gasteiger partial charge >= 0.3 is 0 Å². The number of carbonyl (C=O) groups excluding carboxylic acids is 1. The van der Waals surface area contributed by atoms with Crippen LogP contribution in [-0.2, 0) is 0 Å². The van der Waals surface area contributed by atoms with Crippen molar-refractivity contribution in [2.24, 2.45) is 0 Å². The first-order valence-corrected chi connectivity index (χ1v) is 6.65. The second-order valence-corrected chi connectivity index (χ2v) is 4.93. The fourth-order valence-corrected chi connectivity index (χ4v) is 2.33. The van der Waals surface area contributed by atoms with Crippen LogP contribution >= 0.6 is 11.3 Å². The summed E-state index contributed by atoms with van der Waals surface area (Å²) in [5.41, 5.74) is 0.652. The van der Waals surface area contributed by atoms with Crippen LogP contribution in [0.3, 0.4) is 0 Å². The number of hydrogen-bond acceptors (Lipinski definition) is 4. The molecule has 2 unspecified atom stereocenters. The number of aliphatic hydroxyl groups is 1. The Morgan fingerprint density at radius 1 is 1.56 bits per heavy atom. The number of hydrogen-bond donors (Lipinski definition) is 2. The van der Waals surface area contributed by atoms with Crippen LogP contribution in [0.2, 0.25) is 0 Å². The molecule has 2 heterocycles. The molecule has 2 aromatic heterocycles. The van der Waals surface area contributed by atoms with Gasteiger partial charge < -0.3 is 14.8 Å². The highest BCUT2D eigenvalue weighted by Crippen LogP contribution is 2.18. The number of amides is 1. The lowest BCUT2D eigenvalue weighted by molar-refractivity contribution is 0.0903. The molecule has 0 aliphatic rings. The van der Waals surface area contributed by atoms with E-state index in [0.29, 0.717) is 17.7 Å². The van der Waals surface area contributed by atoms with E-state index in [1.54, 1.807) is 23.6 Å². The lowest BCUT2D eigenvalue weighted by Gasteiger charge is -2.16. The summed E-state index contributed by atoms with van der Waals surface area (Å²) in [5.74, 6) is 0.405. The molecule has 0 aliphatic heterocycles. The zero-order valence-corrected chi connectivity index (χ0v) is 10.8. The number of carbonyl (C=O) groups is 1. The zero-order chi connectivity index (χ0) is 13.0. The standard InChI is InChI=1S/C13H15NO3S/c1-9(7-11(15)12-3-2-5-17-12)14-13(16)10-4-6-18-8-10/h2-6,8-9,11,15H,7H2,1H3,(H,14,16). The normalized spacial score (nSPS) is 14.1. The Hall–Kier alpha value is -1.59. The third-order valence-corrected chi connectivity index (χ3v) is 3.29. The Morgan fingerprint density at radius 3 is 3.00 bits per heavy atom. The molecule has 0 aromatic carbocycles. The van der Waals surface area contributed by atoms with Crippen LogP contribution in [0, 0.1) is 0 Å². The highest BCUT2D eigenvalue weighted by molar-refractivity contribution is 7.08. The average molecular weight is 265 g/mol. The van der Waals surface area contributed by atoms with Crippen molar-refractivity contribution >= 4 is 17.2 Å². The van der Waals surface area contributed by atoms with Gasteiger partial charge in [0.15, 0.2) is 0 Å². The zero-order valence-electron chi connectivity index (χ0n) is 10.00. The van der Waals surface area contributed by atoms with Crippen LogP contribution in [0.1, 0.15) is 35.6 Å². The fourth-order valence-electron chi connectivity index (χ4n) is 1.69. The van der Waals surface area contributed by atoms with Crippen LogP contribution in [0.25, 0.3) is 0 Å². The molecule has 0 radical (unpaired) electrons. The van der Waals surface area contributed by atoms with Crippen molar-refractivity contribution in [1.82, 2.24) is 5.32 Å². The molecule has 0 saturated heterocycles. The molecule has 5 heteroatoms. The summed E-state index contributed by atoms with van der Waals surface area (Å²) >= 11 is 1.48. The summed E-state index contributed by atoms with van der Waals surface area (Å²) in [7, 11) is 0. The number of thiophene rings is 1. The molecule has 18 heavy (non-hydrogen) atoms. The summed E-state index contributed by atoms with van der Waals surface area (Å²) in [5, 5.41) is 16.4. The number of furan rings is 1. The predicted molar refractivity (Wildman–Crippen MR) is 69.5 cm³/mol. The quantitative estimate of drug-likeness (QED) is 0.873. The maximum atomic E-state index is 11.8. The largest absolute Gasteiger partial charge is 0.467 e. The minimum absolute atomic E-state index is 0.115. The van der Waals surface area contributed by atoms with Gasteiger partial charge in [0.2, 0.25) is 0 Å². The van der Waals surface area contributed by atoms with Gasteiger partial charge in [0, 0.05) is 23.4 Å². The van der Waals surface area contributed by atoms with Crippen molar-refractivity contribution in [2.75, 3.05) is 0 Å². The predicted octanol–water partition coefficient (Wildman–Crippen LogP) is 2.58. The van der Waals surface area contributed by atoms with Gasteiger partial charge in [-0.2, -0.15) is 11.3 Å². The molecule has 2 aromatic rings. The smallest absolute Gasteiger partial charge is 0.252 e. The Labute approximate surface area is 109 Å². The number of rotatable bonds is 5. The topological polar surface area (TPSA) is 62.5 Å². The second-order valence-electron chi connectivity index (χ2n) is 4.15. The van der Waals surface area contributed by atoms with E-state index in [2.05, 4.69) is 5.32 Å². The molecule has 0 aliphatic carbocycles. The first-order valence-electron chi connectivity index (χ1n) is 5.71. The Kier molecular flexibility index (Phi) is 4.17. The summed E-state index contributed by atoms with van der Waals surface area (Å²) in [6.07, 6.45) is 1.24. The van der Waals surface area contributed by atoms with Gasteiger partial charge in [0.25, 0.3) is 5.91 Å². The van der Waals surface area contributed by atoms with E-state index in [4.69, 9.17) is 4.42 Å². The molecule has 0 saturated carbocycles. The van der Waals surface area contributed by atoms with Crippen molar-refractivity contribution in [1.29, 1.82) is 0 Å². The third-order valence-electron chi connectivity index (χ3n) is 2.61. The van der Waals surface area contributed by atoms with Crippen molar-refractivity contribution in [3.05, 3.63) is 46.5 Å². The first kappa shape index (κ1) is 12.9. The molecule has 1 amide bonds. The van der Waals surface area contributed by atoms with Gasteiger partial charge in [0.1, 0.15) is 11.9 Å². The van der Waals surface area contributed by atoms with E-state index in [1.807, 2.05) is 12.3 Å². The lowest BCUT2D eigenvalue weighted by Crippen LogP contribution is -2.33. The highest BCUT2D eigenvalue weighted by Gasteiger charge is 2.17. The molecule has 2 N–H and O–H groups in total. The Morgan fingerprint density at radius 2 is 2.39 bits per heavy atom. The van der Waals surface area contributed by atoms with Crippen LogP contribution in [-0.4, -0.2) is 17.1 Å². The van der Waals surface area contributed by atoms with Gasteiger partial charge in [-0.15, -0.1) is 0 Å². The fraction of sp³-hybridized carbons (Fsp3) is 0.308. The second kappa shape index (κ2) is 5.84. The van der Waals surface area contributed by atoms with Gasteiger partial charge in [-0.1, -0.05) is 0 Å². The maximum Gasteiger partial charge on any atom is 0.252 e. The van der Waals surface area contributed by atoms with Crippen LogP contribution in [0.15, 0.2) is 39.6 Å². The third kappa shape index (κ3) is 3.21. The molecule has 0 bridgehead atoms. The van der Waals surface area contributed by atoms with Crippen LogP contribution in [0.4, 0.5) is 0 Å². The van der Waals surface area contributed by atoms with Crippen molar-refractivity contribution in [3.63, 3.8) is 0 Å². The summed E-state index contributed by atoms with van der Waals surface area (Å²) in [6, 6.07) is 5.10. The molecule has 4 nitrogen and oxygen atoms in total. The number of nitrogens with one attached hydrogen (secondary N) is 1. The molecule has 2 rings (SSSR count). The monoisotopic (exact) mass is 265 g/mol. The minimum Gasteiger partial charge on any atom is -0.467 e. The SMILES string of the molecule is CC(CC(O)c1ccco1)NC(=O)c1ccsc1.